The lowest BCUT2D eigenvalue weighted by molar-refractivity contribution is -0.141. The van der Waals surface area contributed by atoms with Crippen LogP contribution < -0.4 is 5.32 Å². The minimum atomic E-state index is -0.620. The average molecular weight is 380 g/mol. The Morgan fingerprint density at radius 2 is 1.93 bits per heavy atom. The summed E-state index contributed by atoms with van der Waals surface area (Å²) in [5, 5.41) is 3.01. The van der Waals surface area contributed by atoms with E-state index in [2.05, 4.69) is 21.4 Å². The van der Waals surface area contributed by atoms with Gasteiger partial charge in [0.05, 0.1) is 5.41 Å². The molecule has 1 atom stereocenters. The highest BCUT2D eigenvalue weighted by Crippen LogP contribution is 2.37. The van der Waals surface area contributed by atoms with Crippen molar-refractivity contribution >= 4 is 11.8 Å². The largest absolute Gasteiger partial charge is 0.356 e. The molecule has 1 aromatic heterocycles. The smallest absolute Gasteiger partial charge is 0.228 e. The third-order valence-corrected chi connectivity index (χ3v) is 5.47. The summed E-state index contributed by atoms with van der Waals surface area (Å²) in [7, 11) is 0. The Balaban J connectivity index is 1.97. The average Bonchev–Trinajstić information content (AvgIpc) is 2.74. The van der Waals surface area contributed by atoms with Gasteiger partial charge in [0.15, 0.2) is 0 Å². The normalized spacial score (nSPS) is 19.3. The fourth-order valence-corrected chi connectivity index (χ4v) is 4.09. The van der Waals surface area contributed by atoms with Crippen LogP contribution in [0.2, 0.25) is 0 Å². The Labute approximate surface area is 166 Å². The van der Waals surface area contributed by atoms with E-state index >= 15 is 0 Å². The Morgan fingerprint density at radius 1 is 1.18 bits per heavy atom. The molecule has 0 spiro atoms. The van der Waals surface area contributed by atoms with Crippen molar-refractivity contribution in [1.82, 2.24) is 20.2 Å². The molecule has 2 aromatic rings. The van der Waals surface area contributed by atoms with Crippen molar-refractivity contribution < 1.29 is 9.59 Å². The number of carbonyl (C=O) groups is 2. The summed E-state index contributed by atoms with van der Waals surface area (Å²) in [5.41, 5.74) is 2.42. The molecule has 0 saturated carbocycles. The molecule has 28 heavy (non-hydrogen) atoms. The van der Waals surface area contributed by atoms with Crippen LogP contribution >= 0.6 is 0 Å². The van der Waals surface area contributed by atoms with Crippen LogP contribution in [-0.4, -0.2) is 46.3 Å². The van der Waals surface area contributed by atoms with Crippen molar-refractivity contribution in [1.29, 1.82) is 0 Å². The highest BCUT2D eigenvalue weighted by Gasteiger charge is 2.43. The number of rotatable bonds is 6. The molecule has 2 amide bonds. The zero-order valence-electron chi connectivity index (χ0n) is 16.6. The molecule has 6 heteroatoms. The third-order valence-electron chi connectivity index (χ3n) is 5.47. The zero-order valence-corrected chi connectivity index (χ0v) is 16.6. The SMILES string of the molecule is CCNC(=O)C1(Cc2ccccc2-c2cncnc2)CCCN(C(=O)CC)C1. The molecule has 0 aliphatic carbocycles. The van der Waals surface area contributed by atoms with Gasteiger partial charge in [-0.3, -0.25) is 9.59 Å². The van der Waals surface area contributed by atoms with E-state index in [9.17, 15) is 9.59 Å². The molecular weight excluding hydrogens is 352 g/mol. The number of benzene rings is 1. The molecule has 1 fully saturated rings. The van der Waals surface area contributed by atoms with Crippen LogP contribution in [0.1, 0.15) is 38.7 Å². The number of likely N-dealkylation sites (tertiary alicyclic amines) is 1. The Kier molecular flexibility index (Phi) is 6.39. The second-order valence-electron chi connectivity index (χ2n) is 7.37. The third kappa shape index (κ3) is 4.21. The van der Waals surface area contributed by atoms with Crippen molar-refractivity contribution in [2.24, 2.45) is 5.41 Å². The lowest BCUT2D eigenvalue weighted by Gasteiger charge is -2.42. The van der Waals surface area contributed by atoms with Crippen molar-refractivity contribution in [3.63, 3.8) is 0 Å². The van der Waals surface area contributed by atoms with Gasteiger partial charge in [0.25, 0.3) is 0 Å². The van der Waals surface area contributed by atoms with Crippen LogP contribution in [0.3, 0.4) is 0 Å². The summed E-state index contributed by atoms with van der Waals surface area (Å²) < 4.78 is 0. The van der Waals surface area contributed by atoms with Gasteiger partial charge in [-0.2, -0.15) is 0 Å². The summed E-state index contributed by atoms with van der Waals surface area (Å²) in [6.07, 6.45) is 7.74. The summed E-state index contributed by atoms with van der Waals surface area (Å²) in [6.45, 7) is 5.57. The summed E-state index contributed by atoms with van der Waals surface area (Å²) >= 11 is 0. The van der Waals surface area contributed by atoms with Gasteiger partial charge < -0.3 is 10.2 Å². The van der Waals surface area contributed by atoms with E-state index in [1.807, 2.05) is 36.9 Å². The van der Waals surface area contributed by atoms with Gasteiger partial charge in [0, 0.05) is 44.0 Å². The number of carbonyl (C=O) groups excluding carboxylic acids is 2. The van der Waals surface area contributed by atoms with E-state index in [0.29, 0.717) is 25.9 Å². The molecule has 1 aliphatic heterocycles. The Bertz CT molecular complexity index is 824. The molecule has 1 unspecified atom stereocenters. The highest BCUT2D eigenvalue weighted by molar-refractivity contribution is 5.85. The fraction of sp³-hybridized carbons (Fsp3) is 0.455. The second-order valence-corrected chi connectivity index (χ2v) is 7.37. The van der Waals surface area contributed by atoms with Gasteiger partial charge in [-0.05, 0) is 37.3 Å². The molecule has 0 radical (unpaired) electrons. The molecule has 3 rings (SSSR count). The number of nitrogens with zero attached hydrogens (tertiary/aromatic N) is 3. The monoisotopic (exact) mass is 380 g/mol. The summed E-state index contributed by atoms with van der Waals surface area (Å²) in [4.78, 5) is 35.6. The Hall–Kier alpha value is -2.76. The summed E-state index contributed by atoms with van der Waals surface area (Å²) in [6, 6.07) is 8.07. The maximum atomic E-state index is 13.2. The maximum absolute atomic E-state index is 13.2. The first-order valence-corrected chi connectivity index (χ1v) is 9.99. The topological polar surface area (TPSA) is 75.2 Å². The standard InChI is InChI=1S/C22H28N4O2/c1-3-20(27)26-11-7-10-22(15-26,21(28)25-4-2)12-17-8-5-6-9-19(17)18-13-23-16-24-14-18/h5-6,8-9,13-14,16H,3-4,7,10-12,15H2,1-2H3,(H,25,28). The van der Waals surface area contributed by atoms with E-state index < -0.39 is 5.41 Å². The first kappa shape index (κ1) is 20.0. The van der Waals surface area contributed by atoms with Gasteiger partial charge in [-0.1, -0.05) is 31.2 Å². The molecule has 1 N–H and O–H groups in total. The highest BCUT2D eigenvalue weighted by atomic mass is 16.2. The fourth-order valence-electron chi connectivity index (χ4n) is 4.09. The van der Waals surface area contributed by atoms with E-state index in [4.69, 9.17) is 0 Å². The first-order chi connectivity index (χ1) is 13.6. The van der Waals surface area contributed by atoms with Crippen molar-refractivity contribution in [3.8, 4) is 11.1 Å². The number of hydrogen-bond acceptors (Lipinski definition) is 4. The predicted octanol–water partition coefficient (Wildman–Crippen LogP) is 2.84. The van der Waals surface area contributed by atoms with Gasteiger partial charge >= 0.3 is 0 Å². The quantitative estimate of drug-likeness (QED) is 0.836. The number of hydrogen-bond donors (Lipinski definition) is 1. The minimum absolute atomic E-state index is 0.0303. The molecule has 1 saturated heterocycles. The molecule has 1 aliphatic rings. The van der Waals surface area contributed by atoms with E-state index in [1.54, 1.807) is 12.4 Å². The van der Waals surface area contributed by atoms with Crippen LogP contribution in [0.15, 0.2) is 43.0 Å². The molecular formula is C22H28N4O2. The number of piperidine rings is 1. The zero-order chi connectivity index (χ0) is 20.0. The lowest BCUT2D eigenvalue weighted by Crippen LogP contribution is -2.54. The van der Waals surface area contributed by atoms with E-state index in [-0.39, 0.29) is 11.8 Å². The van der Waals surface area contributed by atoms with E-state index in [1.165, 1.54) is 6.33 Å². The van der Waals surface area contributed by atoms with E-state index in [0.717, 1.165) is 36.1 Å². The number of aromatic nitrogens is 2. The van der Waals surface area contributed by atoms with Crippen LogP contribution in [0.25, 0.3) is 11.1 Å². The Morgan fingerprint density at radius 3 is 2.64 bits per heavy atom. The van der Waals surface area contributed by atoms with Crippen LogP contribution in [0.4, 0.5) is 0 Å². The molecule has 2 heterocycles. The number of amides is 2. The van der Waals surface area contributed by atoms with Crippen LogP contribution in [0.5, 0.6) is 0 Å². The van der Waals surface area contributed by atoms with Gasteiger partial charge in [-0.25, -0.2) is 9.97 Å². The molecule has 0 bridgehead atoms. The lowest BCUT2D eigenvalue weighted by atomic mass is 9.73. The molecule has 148 valence electrons. The maximum Gasteiger partial charge on any atom is 0.228 e. The predicted molar refractivity (Wildman–Crippen MR) is 108 cm³/mol. The second kappa shape index (κ2) is 8.95. The first-order valence-electron chi connectivity index (χ1n) is 9.99. The molecule has 1 aromatic carbocycles. The minimum Gasteiger partial charge on any atom is -0.356 e. The van der Waals surface area contributed by atoms with Crippen LogP contribution in [-0.2, 0) is 16.0 Å². The van der Waals surface area contributed by atoms with Crippen LogP contribution in [0, 0.1) is 5.41 Å². The molecule has 6 nitrogen and oxygen atoms in total. The van der Waals surface area contributed by atoms with Crippen molar-refractivity contribution in [3.05, 3.63) is 48.5 Å². The summed E-state index contributed by atoms with van der Waals surface area (Å²) in [5.74, 6) is 0.140. The van der Waals surface area contributed by atoms with Crippen molar-refractivity contribution in [2.75, 3.05) is 19.6 Å². The van der Waals surface area contributed by atoms with Gasteiger partial charge in [-0.15, -0.1) is 0 Å². The number of nitrogens with one attached hydrogen (secondary N) is 1. The van der Waals surface area contributed by atoms with Gasteiger partial charge in [0.2, 0.25) is 11.8 Å². The van der Waals surface area contributed by atoms with Gasteiger partial charge in [0.1, 0.15) is 6.33 Å². The van der Waals surface area contributed by atoms with Crippen molar-refractivity contribution in [2.45, 2.75) is 39.5 Å².